The molecule has 0 aliphatic heterocycles. The fourth-order valence-corrected chi connectivity index (χ4v) is 2.21. The molecule has 5 nitrogen and oxygen atoms in total. The molecule has 106 valence electrons. The minimum atomic E-state index is -5.81. The molecule has 19 heavy (non-hydrogen) atoms. The average molecular weight is 469 g/mol. The first-order valence-corrected chi connectivity index (χ1v) is 7.89. The van der Waals surface area contributed by atoms with E-state index in [-0.39, 0.29) is 5.56 Å². The number of hydrogen-bond acceptors (Lipinski definition) is 4. The minimum absolute atomic E-state index is 0.0611. The molecule has 0 aliphatic rings. The highest BCUT2D eigenvalue weighted by Gasteiger charge is 2.37. The van der Waals surface area contributed by atoms with Crippen molar-refractivity contribution in [2.24, 2.45) is 0 Å². The predicted molar refractivity (Wildman–Crippen MR) is 73.8 cm³/mol. The van der Waals surface area contributed by atoms with Crippen LogP contribution in [-0.4, -0.2) is 30.7 Å². The molecule has 0 atom stereocenters. The Morgan fingerprint density at radius 2 is 2.05 bits per heavy atom. The number of halogens is 4. The quantitative estimate of drug-likeness (QED) is 0.540. The molecule has 0 aromatic heterocycles. The number of alkyl halides is 2. The van der Waals surface area contributed by atoms with Crippen LogP contribution < -0.4 is 5.32 Å². The summed E-state index contributed by atoms with van der Waals surface area (Å²) < 4.78 is 57.5. The standard InChI is InChI=1S/C9H7BrF2INO4S/c10-7-2-1-5(13)3-6(7)8(15)14-4-9(11,12)19(16,17)18/h1-3H,4H2,(H,14,15)(H,16,17,18)/p-1. The molecule has 1 aromatic carbocycles. The van der Waals surface area contributed by atoms with Crippen LogP contribution in [0.15, 0.2) is 22.7 Å². The molecule has 1 aromatic rings. The minimum Gasteiger partial charge on any atom is -0.743 e. The van der Waals surface area contributed by atoms with Crippen molar-refractivity contribution in [1.82, 2.24) is 5.32 Å². The molecule has 0 aliphatic carbocycles. The third-order valence-electron chi connectivity index (χ3n) is 1.99. The fourth-order valence-electron chi connectivity index (χ4n) is 1.04. The molecule has 1 amide bonds. The molecule has 1 rings (SSSR count). The summed E-state index contributed by atoms with van der Waals surface area (Å²) >= 11 is 4.98. The molecule has 0 saturated heterocycles. The highest BCUT2D eigenvalue weighted by Crippen LogP contribution is 2.21. The first-order valence-electron chi connectivity index (χ1n) is 4.61. The zero-order valence-corrected chi connectivity index (χ0v) is 13.6. The Labute approximate surface area is 129 Å². The second-order valence-electron chi connectivity index (χ2n) is 3.40. The number of amides is 1. The molecule has 10 heteroatoms. The van der Waals surface area contributed by atoms with E-state index < -0.39 is 27.8 Å². The molecule has 0 radical (unpaired) electrons. The molecule has 0 unspecified atom stereocenters. The largest absolute Gasteiger partial charge is 0.743 e. The third kappa shape index (κ3) is 4.33. The van der Waals surface area contributed by atoms with E-state index in [1.54, 1.807) is 17.4 Å². The summed E-state index contributed by atoms with van der Waals surface area (Å²) in [6.07, 6.45) is 0. The van der Waals surface area contributed by atoms with Crippen molar-refractivity contribution in [1.29, 1.82) is 0 Å². The molecule has 0 heterocycles. The maximum absolute atomic E-state index is 12.9. The van der Waals surface area contributed by atoms with Crippen LogP contribution in [0.25, 0.3) is 0 Å². The number of hydrogen-bond donors (Lipinski definition) is 1. The van der Waals surface area contributed by atoms with Crippen LogP contribution in [0.1, 0.15) is 10.4 Å². The number of benzene rings is 1. The van der Waals surface area contributed by atoms with Gasteiger partial charge in [0.05, 0.1) is 12.1 Å². The Hall–Kier alpha value is -0.330. The van der Waals surface area contributed by atoms with Gasteiger partial charge in [0.15, 0.2) is 10.1 Å². The van der Waals surface area contributed by atoms with Crippen LogP contribution in [0.2, 0.25) is 0 Å². The number of carbonyl (C=O) groups is 1. The van der Waals surface area contributed by atoms with Gasteiger partial charge in [-0.15, -0.1) is 0 Å². The summed E-state index contributed by atoms with van der Waals surface area (Å²) in [5.41, 5.74) is 0.0611. The van der Waals surface area contributed by atoms with Gasteiger partial charge in [0, 0.05) is 8.04 Å². The molecule has 0 spiro atoms. The summed E-state index contributed by atoms with van der Waals surface area (Å²) in [7, 11) is -5.81. The van der Waals surface area contributed by atoms with Gasteiger partial charge in [0.25, 0.3) is 5.91 Å². The Morgan fingerprint density at radius 3 is 2.58 bits per heavy atom. The van der Waals surface area contributed by atoms with Gasteiger partial charge in [-0.1, -0.05) is 0 Å². The Morgan fingerprint density at radius 1 is 1.47 bits per heavy atom. The Balaban J connectivity index is 2.85. The van der Waals surface area contributed by atoms with Gasteiger partial charge in [-0.3, -0.25) is 4.79 Å². The number of rotatable bonds is 4. The van der Waals surface area contributed by atoms with Crippen LogP contribution >= 0.6 is 38.5 Å². The van der Waals surface area contributed by atoms with E-state index in [1.165, 1.54) is 6.07 Å². The van der Waals surface area contributed by atoms with Crippen LogP contribution in [0.3, 0.4) is 0 Å². The summed E-state index contributed by atoms with van der Waals surface area (Å²) in [6.45, 7) is -1.57. The molecule has 0 saturated carbocycles. The van der Waals surface area contributed by atoms with Gasteiger partial charge in [-0.2, -0.15) is 8.78 Å². The van der Waals surface area contributed by atoms with E-state index in [0.29, 0.717) is 8.04 Å². The maximum Gasteiger partial charge on any atom is 0.351 e. The van der Waals surface area contributed by atoms with Crippen LogP contribution in [0.5, 0.6) is 0 Å². The molecular formula is C9H6BrF2INO4S-. The van der Waals surface area contributed by atoms with E-state index in [4.69, 9.17) is 0 Å². The maximum atomic E-state index is 12.9. The van der Waals surface area contributed by atoms with Crippen molar-refractivity contribution in [3.63, 3.8) is 0 Å². The van der Waals surface area contributed by atoms with E-state index in [2.05, 4.69) is 15.9 Å². The molecule has 0 bridgehead atoms. The van der Waals surface area contributed by atoms with Gasteiger partial charge in [-0.05, 0) is 56.7 Å². The third-order valence-corrected chi connectivity index (χ3v) is 4.23. The highest BCUT2D eigenvalue weighted by atomic mass is 127. The van der Waals surface area contributed by atoms with Crippen molar-refractivity contribution >= 4 is 54.5 Å². The average Bonchev–Trinajstić information content (AvgIpc) is 2.28. The monoisotopic (exact) mass is 468 g/mol. The lowest BCUT2D eigenvalue weighted by atomic mass is 10.2. The smallest absolute Gasteiger partial charge is 0.351 e. The van der Waals surface area contributed by atoms with Crippen molar-refractivity contribution in [3.8, 4) is 0 Å². The summed E-state index contributed by atoms with van der Waals surface area (Å²) in [6, 6.07) is 4.64. The first-order chi connectivity index (χ1) is 8.54. The van der Waals surface area contributed by atoms with Gasteiger partial charge in [-0.25, -0.2) is 8.42 Å². The van der Waals surface area contributed by atoms with Crippen molar-refractivity contribution < 1.29 is 26.5 Å². The lowest BCUT2D eigenvalue weighted by Gasteiger charge is -2.20. The van der Waals surface area contributed by atoms with E-state index >= 15 is 0 Å². The van der Waals surface area contributed by atoms with Crippen LogP contribution in [0, 0.1) is 3.57 Å². The highest BCUT2D eigenvalue weighted by molar-refractivity contribution is 14.1. The Kier molecular flexibility index (Phi) is 5.26. The van der Waals surface area contributed by atoms with E-state index in [1.807, 2.05) is 22.6 Å². The zero-order chi connectivity index (χ0) is 14.8. The van der Waals surface area contributed by atoms with Gasteiger partial charge in [0.1, 0.15) is 0 Å². The van der Waals surface area contributed by atoms with E-state index in [0.717, 1.165) is 0 Å². The first kappa shape index (κ1) is 16.7. The van der Waals surface area contributed by atoms with Gasteiger partial charge < -0.3 is 9.87 Å². The molecule has 0 fully saturated rings. The lowest BCUT2D eigenvalue weighted by Crippen LogP contribution is -2.42. The van der Waals surface area contributed by atoms with Crippen LogP contribution in [-0.2, 0) is 10.1 Å². The van der Waals surface area contributed by atoms with Crippen molar-refractivity contribution in [2.75, 3.05) is 6.54 Å². The van der Waals surface area contributed by atoms with E-state index in [9.17, 15) is 26.5 Å². The number of nitrogens with one attached hydrogen (secondary N) is 1. The normalized spacial score (nSPS) is 12.3. The van der Waals surface area contributed by atoms with Crippen molar-refractivity contribution in [3.05, 3.63) is 31.8 Å². The SMILES string of the molecule is O=C(NCC(F)(F)S(=O)(=O)[O-])c1cc(I)ccc1Br. The van der Waals surface area contributed by atoms with Gasteiger partial charge in [0.2, 0.25) is 0 Å². The summed E-state index contributed by atoms with van der Waals surface area (Å²) in [4.78, 5) is 11.6. The second-order valence-corrected chi connectivity index (χ2v) is 7.00. The summed E-state index contributed by atoms with van der Waals surface area (Å²) in [5.74, 6) is -0.909. The lowest BCUT2D eigenvalue weighted by molar-refractivity contribution is 0.0691. The number of carbonyl (C=O) groups excluding carboxylic acids is 1. The van der Waals surface area contributed by atoms with Crippen LogP contribution in [0.4, 0.5) is 8.78 Å². The molecular weight excluding hydrogens is 463 g/mol. The Bertz CT molecular complexity index is 608. The topological polar surface area (TPSA) is 86.3 Å². The fraction of sp³-hybridized carbons (Fsp3) is 0.222. The zero-order valence-electron chi connectivity index (χ0n) is 8.99. The molecule has 1 N–H and O–H groups in total. The van der Waals surface area contributed by atoms with Crippen molar-refractivity contribution in [2.45, 2.75) is 5.25 Å². The summed E-state index contributed by atoms with van der Waals surface area (Å²) in [5, 5.41) is -2.83. The predicted octanol–water partition coefficient (Wildman–Crippen LogP) is 1.92. The van der Waals surface area contributed by atoms with Gasteiger partial charge >= 0.3 is 5.25 Å². The second kappa shape index (κ2) is 5.97.